The van der Waals surface area contributed by atoms with Crippen LogP contribution < -0.4 is 4.90 Å². The van der Waals surface area contributed by atoms with Gasteiger partial charge in [-0.05, 0) is 31.8 Å². The average molecular weight is 288 g/mol. The minimum atomic E-state index is 0.457. The first-order valence-electron chi connectivity index (χ1n) is 6.32. The highest BCUT2D eigenvalue weighted by Gasteiger charge is 2.17. The summed E-state index contributed by atoms with van der Waals surface area (Å²) >= 11 is 8.05. The summed E-state index contributed by atoms with van der Waals surface area (Å²) in [7, 11) is 2.09. The molecule has 1 atom stereocenters. The molecule has 1 aromatic heterocycles. The molecule has 0 saturated heterocycles. The van der Waals surface area contributed by atoms with Crippen molar-refractivity contribution >= 4 is 29.2 Å². The zero-order valence-corrected chi connectivity index (χ0v) is 13.2. The fourth-order valence-electron chi connectivity index (χ4n) is 1.84. The number of aromatic nitrogens is 2. The van der Waals surface area contributed by atoms with Crippen molar-refractivity contribution in [3.8, 4) is 0 Å². The van der Waals surface area contributed by atoms with Gasteiger partial charge in [0.25, 0.3) is 0 Å². The van der Waals surface area contributed by atoms with Crippen molar-refractivity contribution in [2.24, 2.45) is 0 Å². The maximum absolute atomic E-state index is 6.18. The first-order valence-corrected chi connectivity index (χ1v) is 8.10. The minimum absolute atomic E-state index is 0.457. The molecular formula is C13H22ClN3S. The second-order valence-corrected chi connectivity index (χ2v) is 5.80. The van der Waals surface area contributed by atoms with Crippen LogP contribution in [0.4, 0.5) is 5.82 Å². The number of thioether (sulfide) groups is 1. The van der Waals surface area contributed by atoms with Crippen LogP contribution in [-0.4, -0.2) is 35.1 Å². The van der Waals surface area contributed by atoms with Gasteiger partial charge in [0.15, 0.2) is 0 Å². The lowest BCUT2D eigenvalue weighted by Gasteiger charge is -2.27. The summed E-state index contributed by atoms with van der Waals surface area (Å²) in [6.07, 6.45) is 6.80. The second-order valence-electron chi connectivity index (χ2n) is 4.46. The molecule has 5 heteroatoms. The van der Waals surface area contributed by atoms with Gasteiger partial charge in [-0.25, -0.2) is 9.97 Å². The third-order valence-electron chi connectivity index (χ3n) is 3.11. The third-order valence-corrected chi connectivity index (χ3v) is 4.07. The van der Waals surface area contributed by atoms with E-state index < -0.39 is 0 Å². The van der Waals surface area contributed by atoms with Crippen LogP contribution in [0.2, 0.25) is 5.15 Å². The second kappa shape index (κ2) is 7.85. The first-order chi connectivity index (χ1) is 8.61. The largest absolute Gasteiger partial charge is 0.357 e. The lowest BCUT2D eigenvalue weighted by atomic mass is 10.1. The Bertz CT molecular complexity index is 373. The number of hydrogen-bond donors (Lipinski definition) is 0. The first kappa shape index (κ1) is 15.6. The van der Waals surface area contributed by atoms with E-state index in [-0.39, 0.29) is 0 Å². The molecule has 3 nitrogen and oxygen atoms in total. The minimum Gasteiger partial charge on any atom is -0.357 e. The Morgan fingerprint density at radius 3 is 2.78 bits per heavy atom. The van der Waals surface area contributed by atoms with E-state index in [1.807, 2.05) is 11.8 Å². The Morgan fingerprint density at radius 2 is 2.17 bits per heavy atom. The molecule has 18 heavy (non-hydrogen) atoms. The van der Waals surface area contributed by atoms with Crippen LogP contribution in [0.3, 0.4) is 0 Å². The van der Waals surface area contributed by atoms with Crippen LogP contribution >= 0.6 is 23.4 Å². The molecule has 0 aliphatic heterocycles. The molecule has 0 amide bonds. The van der Waals surface area contributed by atoms with E-state index in [0.717, 1.165) is 36.4 Å². The zero-order valence-electron chi connectivity index (χ0n) is 11.6. The molecule has 102 valence electrons. The Kier molecular flexibility index (Phi) is 6.79. The SMILES string of the molecule is CCCc1c(Cl)ncnc1N(C)C(C)CCSC. The van der Waals surface area contributed by atoms with Gasteiger partial charge in [0.1, 0.15) is 17.3 Å². The summed E-state index contributed by atoms with van der Waals surface area (Å²) in [4.78, 5) is 10.7. The zero-order chi connectivity index (χ0) is 13.5. The maximum Gasteiger partial charge on any atom is 0.137 e. The molecule has 0 fully saturated rings. The average Bonchev–Trinajstić information content (AvgIpc) is 2.37. The molecule has 1 heterocycles. The molecule has 0 bridgehead atoms. The van der Waals surface area contributed by atoms with Crippen molar-refractivity contribution in [1.29, 1.82) is 0 Å². The Labute approximate surface area is 119 Å². The van der Waals surface area contributed by atoms with Crippen LogP contribution in [-0.2, 0) is 6.42 Å². The van der Waals surface area contributed by atoms with Crippen molar-refractivity contribution in [3.63, 3.8) is 0 Å². The number of halogens is 1. The molecule has 1 aromatic rings. The summed E-state index contributed by atoms with van der Waals surface area (Å²) in [5.74, 6) is 2.14. The van der Waals surface area contributed by atoms with Crippen LogP contribution in [0, 0.1) is 0 Å². The van der Waals surface area contributed by atoms with Crippen molar-refractivity contribution < 1.29 is 0 Å². The Balaban J connectivity index is 2.90. The van der Waals surface area contributed by atoms with Gasteiger partial charge in [0, 0.05) is 18.7 Å². The van der Waals surface area contributed by atoms with Crippen LogP contribution in [0.15, 0.2) is 6.33 Å². The van der Waals surface area contributed by atoms with E-state index in [4.69, 9.17) is 11.6 Å². The monoisotopic (exact) mass is 287 g/mol. The number of rotatable bonds is 7. The van der Waals surface area contributed by atoms with Crippen LogP contribution in [0.5, 0.6) is 0 Å². The molecule has 0 saturated carbocycles. The Hall–Kier alpha value is -0.480. The highest BCUT2D eigenvalue weighted by atomic mass is 35.5. The lowest BCUT2D eigenvalue weighted by Crippen LogP contribution is -2.31. The molecule has 0 aromatic carbocycles. The van der Waals surface area contributed by atoms with Gasteiger partial charge in [-0.1, -0.05) is 24.9 Å². The summed E-state index contributed by atoms with van der Waals surface area (Å²) in [5.41, 5.74) is 1.07. The van der Waals surface area contributed by atoms with E-state index in [2.05, 4.69) is 42.0 Å². The smallest absolute Gasteiger partial charge is 0.137 e. The predicted octanol–water partition coefficient (Wildman–Crippen LogP) is 3.66. The third kappa shape index (κ3) is 4.02. The molecule has 0 aliphatic rings. The van der Waals surface area contributed by atoms with Crippen molar-refractivity contribution in [3.05, 3.63) is 17.0 Å². The lowest BCUT2D eigenvalue weighted by molar-refractivity contribution is 0.656. The van der Waals surface area contributed by atoms with Gasteiger partial charge in [-0.2, -0.15) is 11.8 Å². The summed E-state index contributed by atoms with van der Waals surface area (Å²) in [6.45, 7) is 4.37. The van der Waals surface area contributed by atoms with Crippen LogP contribution in [0.25, 0.3) is 0 Å². The molecule has 0 aliphatic carbocycles. The standard InChI is InChI=1S/C13H22ClN3S/c1-5-6-11-12(14)15-9-16-13(11)17(3)10(2)7-8-18-4/h9-10H,5-8H2,1-4H3. The summed E-state index contributed by atoms with van der Waals surface area (Å²) < 4.78 is 0. The fraction of sp³-hybridized carbons (Fsp3) is 0.692. The predicted molar refractivity (Wildman–Crippen MR) is 81.9 cm³/mol. The molecule has 1 rings (SSSR count). The van der Waals surface area contributed by atoms with Crippen LogP contribution in [0.1, 0.15) is 32.3 Å². The van der Waals surface area contributed by atoms with Gasteiger partial charge in [0.2, 0.25) is 0 Å². The van der Waals surface area contributed by atoms with E-state index in [0.29, 0.717) is 11.2 Å². The molecule has 0 N–H and O–H groups in total. The summed E-state index contributed by atoms with van der Waals surface area (Å²) in [6, 6.07) is 0.457. The molecular weight excluding hydrogens is 266 g/mol. The van der Waals surface area contributed by atoms with Crippen molar-refractivity contribution in [2.45, 2.75) is 39.2 Å². The van der Waals surface area contributed by atoms with Crippen molar-refractivity contribution in [2.75, 3.05) is 24.0 Å². The van der Waals surface area contributed by atoms with Gasteiger partial charge < -0.3 is 4.90 Å². The quantitative estimate of drug-likeness (QED) is 0.716. The Morgan fingerprint density at radius 1 is 1.44 bits per heavy atom. The van der Waals surface area contributed by atoms with E-state index >= 15 is 0 Å². The molecule has 1 unspecified atom stereocenters. The number of nitrogens with zero attached hydrogens (tertiary/aromatic N) is 3. The molecule has 0 radical (unpaired) electrons. The number of anilines is 1. The van der Waals surface area contributed by atoms with E-state index in [1.165, 1.54) is 0 Å². The highest BCUT2D eigenvalue weighted by molar-refractivity contribution is 7.98. The van der Waals surface area contributed by atoms with E-state index in [1.54, 1.807) is 6.33 Å². The summed E-state index contributed by atoms with van der Waals surface area (Å²) in [5, 5.41) is 0.589. The molecule has 0 spiro atoms. The number of hydrogen-bond acceptors (Lipinski definition) is 4. The highest BCUT2D eigenvalue weighted by Crippen LogP contribution is 2.26. The van der Waals surface area contributed by atoms with Gasteiger partial charge >= 0.3 is 0 Å². The fourth-order valence-corrected chi connectivity index (χ4v) is 2.64. The van der Waals surface area contributed by atoms with Gasteiger partial charge in [-0.3, -0.25) is 0 Å². The maximum atomic E-state index is 6.18. The normalized spacial score (nSPS) is 12.5. The van der Waals surface area contributed by atoms with Crippen molar-refractivity contribution in [1.82, 2.24) is 9.97 Å². The van der Waals surface area contributed by atoms with E-state index in [9.17, 15) is 0 Å². The van der Waals surface area contributed by atoms with Gasteiger partial charge in [-0.15, -0.1) is 0 Å². The van der Waals surface area contributed by atoms with Gasteiger partial charge in [0.05, 0.1) is 0 Å². The topological polar surface area (TPSA) is 29.0 Å².